The number of carbonyl (C=O) groups excluding carboxylic acids is 3. The lowest BCUT2D eigenvalue weighted by Crippen LogP contribution is -2.41. The van der Waals surface area contributed by atoms with Crippen LogP contribution in [0.3, 0.4) is 0 Å². The molecule has 25 heavy (non-hydrogen) atoms. The standard InChI is InChI=1S/C18H28N4O3/c1-5-10-22(13-17(24)21(3)4)12-16(23)20-15-9-7-8-14(11-15)18(25)19-6-2/h7-9,11H,5-6,10,12-13H2,1-4H3,(H,19,25)(H,20,23). The first kappa shape index (κ1) is 20.6. The highest BCUT2D eigenvalue weighted by Gasteiger charge is 2.15. The van der Waals surface area contributed by atoms with Crippen LogP contribution in [0.15, 0.2) is 24.3 Å². The summed E-state index contributed by atoms with van der Waals surface area (Å²) in [6.07, 6.45) is 0.848. The van der Waals surface area contributed by atoms with Gasteiger partial charge in [-0.3, -0.25) is 19.3 Å². The molecule has 0 radical (unpaired) electrons. The van der Waals surface area contributed by atoms with Gasteiger partial charge in [-0.05, 0) is 38.1 Å². The number of nitrogens with zero attached hydrogens (tertiary/aromatic N) is 2. The van der Waals surface area contributed by atoms with E-state index in [0.717, 1.165) is 6.42 Å². The second kappa shape index (κ2) is 10.5. The summed E-state index contributed by atoms with van der Waals surface area (Å²) in [6, 6.07) is 6.78. The van der Waals surface area contributed by atoms with Crippen molar-refractivity contribution in [1.82, 2.24) is 15.1 Å². The molecule has 0 aliphatic heterocycles. The third-order valence-corrected chi connectivity index (χ3v) is 3.51. The summed E-state index contributed by atoms with van der Waals surface area (Å²) < 4.78 is 0. The van der Waals surface area contributed by atoms with Gasteiger partial charge in [0.25, 0.3) is 5.91 Å². The van der Waals surface area contributed by atoms with E-state index in [1.54, 1.807) is 38.4 Å². The van der Waals surface area contributed by atoms with Gasteiger partial charge in [0.1, 0.15) is 0 Å². The first-order chi connectivity index (χ1) is 11.9. The zero-order valence-electron chi connectivity index (χ0n) is 15.5. The molecular weight excluding hydrogens is 320 g/mol. The van der Waals surface area contributed by atoms with E-state index < -0.39 is 0 Å². The van der Waals surface area contributed by atoms with E-state index in [-0.39, 0.29) is 30.8 Å². The number of anilines is 1. The van der Waals surface area contributed by atoms with Crippen molar-refractivity contribution in [2.24, 2.45) is 0 Å². The fraction of sp³-hybridized carbons (Fsp3) is 0.500. The van der Waals surface area contributed by atoms with E-state index >= 15 is 0 Å². The van der Waals surface area contributed by atoms with Crippen molar-refractivity contribution in [2.75, 3.05) is 45.6 Å². The zero-order chi connectivity index (χ0) is 18.8. The summed E-state index contributed by atoms with van der Waals surface area (Å²) in [6.45, 7) is 5.38. The molecule has 1 aromatic carbocycles. The Morgan fingerprint density at radius 1 is 1.08 bits per heavy atom. The molecular formula is C18H28N4O3. The van der Waals surface area contributed by atoms with Gasteiger partial charge in [-0.15, -0.1) is 0 Å². The Labute approximate surface area is 149 Å². The third kappa shape index (κ3) is 7.34. The number of likely N-dealkylation sites (N-methyl/N-ethyl adjacent to an activating group) is 1. The van der Waals surface area contributed by atoms with Gasteiger partial charge in [0.15, 0.2) is 0 Å². The Bertz CT molecular complexity index is 602. The quantitative estimate of drug-likeness (QED) is 0.702. The molecule has 0 saturated carbocycles. The minimum absolute atomic E-state index is 0.0421. The monoisotopic (exact) mass is 348 g/mol. The lowest BCUT2D eigenvalue weighted by Gasteiger charge is -2.22. The number of amides is 3. The molecule has 0 atom stereocenters. The van der Waals surface area contributed by atoms with Gasteiger partial charge in [-0.1, -0.05) is 13.0 Å². The van der Waals surface area contributed by atoms with E-state index in [1.165, 1.54) is 4.90 Å². The average molecular weight is 348 g/mol. The maximum absolute atomic E-state index is 12.3. The van der Waals surface area contributed by atoms with E-state index in [4.69, 9.17) is 0 Å². The maximum Gasteiger partial charge on any atom is 0.251 e. The lowest BCUT2D eigenvalue weighted by atomic mass is 10.2. The minimum atomic E-state index is -0.215. The molecule has 3 amide bonds. The molecule has 0 heterocycles. The van der Waals surface area contributed by atoms with Crippen molar-refractivity contribution in [3.63, 3.8) is 0 Å². The van der Waals surface area contributed by atoms with Crippen LogP contribution in [0.4, 0.5) is 5.69 Å². The molecule has 0 aliphatic rings. The van der Waals surface area contributed by atoms with E-state index in [2.05, 4.69) is 10.6 Å². The fourth-order valence-corrected chi connectivity index (χ4v) is 2.27. The molecule has 0 fully saturated rings. The molecule has 138 valence electrons. The van der Waals surface area contributed by atoms with Crippen LogP contribution in [0.2, 0.25) is 0 Å². The molecule has 1 rings (SSSR count). The van der Waals surface area contributed by atoms with Crippen LogP contribution < -0.4 is 10.6 Å². The summed E-state index contributed by atoms with van der Waals surface area (Å²) in [7, 11) is 3.39. The summed E-state index contributed by atoms with van der Waals surface area (Å²) >= 11 is 0. The minimum Gasteiger partial charge on any atom is -0.352 e. The first-order valence-electron chi connectivity index (χ1n) is 8.48. The van der Waals surface area contributed by atoms with Gasteiger partial charge in [0.05, 0.1) is 13.1 Å². The first-order valence-corrected chi connectivity index (χ1v) is 8.48. The predicted molar refractivity (Wildman–Crippen MR) is 98.5 cm³/mol. The molecule has 0 saturated heterocycles. The van der Waals surface area contributed by atoms with Gasteiger partial charge in [-0.25, -0.2) is 0 Å². The van der Waals surface area contributed by atoms with Gasteiger partial charge >= 0.3 is 0 Å². The van der Waals surface area contributed by atoms with Gasteiger partial charge in [-0.2, -0.15) is 0 Å². The van der Waals surface area contributed by atoms with Crippen molar-refractivity contribution in [1.29, 1.82) is 0 Å². The van der Waals surface area contributed by atoms with Crippen LogP contribution in [-0.4, -0.2) is 67.8 Å². The van der Waals surface area contributed by atoms with Crippen LogP contribution in [0, 0.1) is 0 Å². The van der Waals surface area contributed by atoms with Gasteiger partial charge < -0.3 is 15.5 Å². The van der Waals surface area contributed by atoms with E-state index in [9.17, 15) is 14.4 Å². The highest BCUT2D eigenvalue weighted by atomic mass is 16.2. The van der Waals surface area contributed by atoms with Gasteiger partial charge in [0.2, 0.25) is 11.8 Å². The zero-order valence-corrected chi connectivity index (χ0v) is 15.5. The number of hydrogen-bond donors (Lipinski definition) is 2. The number of hydrogen-bond acceptors (Lipinski definition) is 4. The van der Waals surface area contributed by atoms with Crippen molar-refractivity contribution < 1.29 is 14.4 Å². The molecule has 1 aromatic rings. The highest BCUT2D eigenvalue weighted by molar-refractivity contribution is 5.97. The molecule has 0 aliphatic carbocycles. The summed E-state index contributed by atoms with van der Waals surface area (Å²) in [5, 5.41) is 5.51. The normalized spacial score (nSPS) is 10.4. The van der Waals surface area contributed by atoms with Gasteiger partial charge in [0, 0.05) is 31.9 Å². The summed E-state index contributed by atoms with van der Waals surface area (Å²) in [4.78, 5) is 39.3. The summed E-state index contributed by atoms with van der Waals surface area (Å²) in [5.41, 5.74) is 1.05. The number of carbonyl (C=O) groups is 3. The molecule has 7 heteroatoms. The summed E-state index contributed by atoms with van der Waals surface area (Å²) in [5.74, 6) is -0.435. The molecule has 0 aromatic heterocycles. The van der Waals surface area contributed by atoms with Crippen LogP contribution >= 0.6 is 0 Å². The molecule has 2 N–H and O–H groups in total. The Kier molecular flexibility index (Phi) is 8.63. The Balaban J connectivity index is 2.69. The maximum atomic E-state index is 12.3. The predicted octanol–water partition coefficient (Wildman–Crippen LogP) is 1.18. The fourth-order valence-electron chi connectivity index (χ4n) is 2.27. The van der Waals surface area contributed by atoms with Crippen LogP contribution in [0.25, 0.3) is 0 Å². The number of nitrogens with one attached hydrogen (secondary N) is 2. The molecule has 7 nitrogen and oxygen atoms in total. The number of benzene rings is 1. The SMILES string of the molecule is CCCN(CC(=O)Nc1cccc(C(=O)NCC)c1)CC(=O)N(C)C. The van der Waals surface area contributed by atoms with E-state index in [1.807, 2.05) is 18.7 Å². The second-order valence-corrected chi connectivity index (χ2v) is 5.99. The average Bonchev–Trinajstić information content (AvgIpc) is 2.55. The lowest BCUT2D eigenvalue weighted by molar-refractivity contribution is -0.130. The Morgan fingerprint density at radius 3 is 2.40 bits per heavy atom. The Hall–Kier alpha value is -2.41. The third-order valence-electron chi connectivity index (χ3n) is 3.51. The van der Waals surface area contributed by atoms with Crippen molar-refractivity contribution in [2.45, 2.75) is 20.3 Å². The molecule has 0 unspecified atom stereocenters. The van der Waals surface area contributed by atoms with Crippen molar-refractivity contribution in [3.8, 4) is 0 Å². The molecule has 0 spiro atoms. The van der Waals surface area contributed by atoms with Crippen molar-refractivity contribution in [3.05, 3.63) is 29.8 Å². The number of rotatable bonds is 9. The van der Waals surface area contributed by atoms with Crippen molar-refractivity contribution >= 4 is 23.4 Å². The largest absolute Gasteiger partial charge is 0.352 e. The Morgan fingerprint density at radius 2 is 1.80 bits per heavy atom. The highest BCUT2D eigenvalue weighted by Crippen LogP contribution is 2.11. The van der Waals surface area contributed by atoms with E-state index in [0.29, 0.717) is 24.3 Å². The molecule has 0 bridgehead atoms. The second-order valence-electron chi connectivity index (χ2n) is 5.99. The van der Waals surface area contributed by atoms with Crippen LogP contribution in [-0.2, 0) is 9.59 Å². The topological polar surface area (TPSA) is 81.8 Å². The van der Waals surface area contributed by atoms with Crippen LogP contribution in [0.5, 0.6) is 0 Å². The van der Waals surface area contributed by atoms with Crippen LogP contribution in [0.1, 0.15) is 30.6 Å². The smallest absolute Gasteiger partial charge is 0.251 e.